The Morgan fingerprint density at radius 2 is 2.20 bits per heavy atom. The van der Waals surface area contributed by atoms with E-state index in [-0.39, 0.29) is 17.8 Å². The number of hydrogen-bond acceptors (Lipinski definition) is 4. The highest BCUT2D eigenvalue weighted by Crippen LogP contribution is 2.26. The summed E-state index contributed by atoms with van der Waals surface area (Å²) in [6.07, 6.45) is 4.36. The molecule has 6 nitrogen and oxygen atoms in total. The summed E-state index contributed by atoms with van der Waals surface area (Å²) in [4.78, 5) is 15.0. The van der Waals surface area contributed by atoms with Crippen LogP contribution in [0, 0.1) is 12.7 Å². The number of aromatic nitrogens is 2. The zero-order chi connectivity index (χ0) is 21.1. The Labute approximate surface area is 176 Å². The van der Waals surface area contributed by atoms with Gasteiger partial charge in [-0.2, -0.15) is 5.10 Å². The highest BCUT2D eigenvalue weighted by Gasteiger charge is 2.31. The van der Waals surface area contributed by atoms with Gasteiger partial charge in [0.2, 0.25) is 0 Å². The molecule has 1 saturated heterocycles. The summed E-state index contributed by atoms with van der Waals surface area (Å²) >= 11 is 0. The molecule has 2 aromatic rings. The number of rotatable bonds is 6. The number of amides is 1. The second-order valence-corrected chi connectivity index (χ2v) is 8.05. The Morgan fingerprint density at radius 1 is 1.40 bits per heavy atom. The van der Waals surface area contributed by atoms with Crippen LogP contribution in [0.2, 0.25) is 0 Å². The van der Waals surface area contributed by atoms with Crippen molar-refractivity contribution in [2.75, 3.05) is 26.3 Å². The summed E-state index contributed by atoms with van der Waals surface area (Å²) in [5.41, 5.74) is 4.30. The fourth-order valence-electron chi connectivity index (χ4n) is 4.23. The summed E-state index contributed by atoms with van der Waals surface area (Å²) in [6, 6.07) is 5.57. The molecule has 0 saturated carbocycles. The molecule has 0 spiro atoms. The van der Waals surface area contributed by atoms with Crippen LogP contribution in [0.1, 0.15) is 39.3 Å². The van der Waals surface area contributed by atoms with E-state index >= 15 is 0 Å². The van der Waals surface area contributed by atoms with Crippen LogP contribution in [0.3, 0.4) is 0 Å². The normalized spacial score (nSPS) is 18.9. The van der Waals surface area contributed by atoms with Gasteiger partial charge in [0.15, 0.2) is 5.69 Å². The highest BCUT2D eigenvalue weighted by molar-refractivity contribution is 5.94. The summed E-state index contributed by atoms with van der Waals surface area (Å²) < 4.78 is 21.1. The number of hydrogen-bond donors (Lipinski definition) is 1. The van der Waals surface area contributed by atoms with Crippen LogP contribution >= 0.6 is 0 Å². The maximum atomic E-state index is 13.8. The van der Waals surface area contributed by atoms with Crippen LogP contribution in [0.4, 0.5) is 4.39 Å². The first-order chi connectivity index (χ1) is 14.6. The largest absolute Gasteiger partial charge is 0.378 e. The maximum Gasteiger partial charge on any atom is 0.274 e. The van der Waals surface area contributed by atoms with Crippen LogP contribution in [-0.2, 0) is 30.7 Å². The minimum atomic E-state index is -0.177. The predicted octanol–water partition coefficient (Wildman–Crippen LogP) is 2.64. The summed E-state index contributed by atoms with van der Waals surface area (Å²) in [7, 11) is 0. The Morgan fingerprint density at radius 3 is 2.93 bits per heavy atom. The molecule has 1 amide bonds. The Balaban J connectivity index is 1.51. The second-order valence-electron chi connectivity index (χ2n) is 8.05. The molecule has 30 heavy (non-hydrogen) atoms. The van der Waals surface area contributed by atoms with Crippen molar-refractivity contribution in [1.82, 2.24) is 20.0 Å². The van der Waals surface area contributed by atoms with Gasteiger partial charge in [-0.1, -0.05) is 18.2 Å². The number of nitrogens with one attached hydrogen (secondary N) is 1. The van der Waals surface area contributed by atoms with Crippen molar-refractivity contribution >= 4 is 5.91 Å². The molecule has 1 aromatic carbocycles. The van der Waals surface area contributed by atoms with E-state index in [9.17, 15) is 9.18 Å². The van der Waals surface area contributed by atoms with Crippen LogP contribution in [0.25, 0.3) is 0 Å². The average molecular weight is 413 g/mol. The van der Waals surface area contributed by atoms with E-state index in [2.05, 4.69) is 17.0 Å². The van der Waals surface area contributed by atoms with E-state index in [1.165, 1.54) is 0 Å². The minimum Gasteiger partial charge on any atom is -0.378 e. The fourth-order valence-corrected chi connectivity index (χ4v) is 4.23. The maximum absolute atomic E-state index is 13.8. The van der Waals surface area contributed by atoms with Gasteiger partial charge in [0.25, 0.3) is 5.91 Å². The van der Waals surface area contributed by atoms with Crippen molar-refractivity contribution in [1.29, 1.82) is 0 Å². The molecule has 1 N–H and O–H groups in total. The lowest BCUT2D eigenvalue weighted by atomic mass is 9.90. The van der Waals surface area contributed by atoms with Gasteiger partial charge >= 0.3 is 0 Å². The van der Waals surface area contributed by atoms with Gasteiger partial charge in [-0.05, 0) is 43.4 Å². The Hall–Kier alpha value is -2.51. The molecular weight excluding hydrogens is 383 g/mol. The average Bonchev–Trinajstić information content (AvgIpc) is 3.12. The third kappa shape index (κ3) is 4.32. The molecule has 4 rings (SSSR count). The number of benzene rings is 1. The van der Waals surface area contributed by atoms with Crippen LogP contribution < -0.4 is 5.32 Å². The van der Waals surface area contributed by atoms with E-state index in [1.807, 2.05) is 27.8 Å². The lowest BCUT2D eigenvalue weighted by Crippen LogP contribution is -2.41. The number of carbonyl (C=O) groups is 1. The molecule has 2 aliphatic rings. The monoisotopic (exact) mass is 412 g/mol. The molecule has 1 fully saturated rings. The summed E-state index contributed by atoms with van der Waals surface area (Å²) in [5.74, 6) is -0.192. The standard InChI is InChI=1S/C23H29FN4O2/c1-3-8-28-21-7-6-18(25-15-17-5-4-16(2)20(24)13-17)14-19(21)22(26-28)23(29)27-9-11-30-12-10-27/h3-5,13,18,25H,1,6-12,14-15H2,2H3/t18-/m1/s1. The molecule has 160 valence electrons. The van der Waals surface area contributed by atoms with Gasteiger partial charge in [0, 0.05) is 36.9 Å². The first-order valence-electron chi connectivity index (χ1n) is 10.6. The van der Waals surface area contributed by atoms with Gasteiger partial charge in [0.1, 0.15) is 5.82 Å². The number of carbonyl (C=O) groups excluding carboxylic acids is 1. The lowest BCUT2D eigenvalue weighted by Gasteiger charge is -2.28. The molecule has 1 aromatic heterocycles. The van der Waals surface area contributed by atoms with Crippen molar-refractivity contribution in [3.63, 3.8) is 0 Å². The number of allylic oxidation sites excluding steroid dienone is 1. The number of ether oxygens (including phenoxy) is 1. The first-order valence-corrected chi connectivity index (χ1v) is 10.6. The summed E-state index contributed by atoms with van der Waals surface area (Å²) in [5, 5.41) is 8.21. The lowest BCUT2D eigenvalue weighted by molar-refractivity contribution is 0.0297. The zero-order valence-corrected chi connectivity index (χ0v) is 17.5. The quantitative estimate of drug-likeness (QED) is 0.741. The van der Waals surface area contributed by atoms with E-state index in [4.69, 9.17) is 4.74 Å². The van der Waals surface area contributed by atoms with Crippen molar-refractivity contribution in [3.8, 4) is 0 Å². The zero-order valence-electron chi connectivity index (χ0n) is 17.5. The molecular formula is C23H29FN4O2. The highest BCUT2D eigenvalue weighted by atomic mass is 19.1. The molecule has 1 aliphatic heterocycles. The SMILES string of the molecule is C=CCn1nc(C(=O)N2CCOCC2)c2c1CC[C@@H](NCc1ccc(C)c(F)c1)C2. The molecule has 7 heteroatoms. The third-order valence-electron chi connectivity index (χ3n) is 5.98. The van der Waals surface area contributed by atoms with Gasteiger partial charge < -0.3 is 15.0 Å². The molecule has 2 heterocycles. The van der Waals surface area contributed by atoms with Gasteiger partial charge in [-0.3, -0.25) is 9.48 Å². The topological polar surface area (TPSA) is 59.4 Å². The van der Waals surface area contributed by atoms with Crippen LogP contribution in [-0.4, -0.2) is 52.9 Å². The number of nitrogens with zero attached hydrogens (tertiary/aromatic N) is 3. The molecule has 1 aliphatic carbocycles. The van der Waals surface area contributed by atoms with Crippen molar-refractivity contribution < 1.29 is 13.9 Å². The third-order valence-corrected chi connectivity index (χ3v) is 5.98. The van der Waals surface area contributed by atoms with Gasteiger partial charge in [-0.25, -0.2) is 4.39 Å². The minimum absolute atomic E-state index is 0.0152. The van der Waals surface area contributed by atoms with Crippen molar-refractivity contribution in [2.24, 2.45) is 0 Å². The fraction of sp³-hybridized carbons (Fsp3) is 0.478. The molecule has 0 radical (unpaired) electrons. The second kappa shape index (κ2) is 9.10. The van der Waals surface area contributed by atoms with E-state index in [0.717, 1.165) is 36.1 Å². The molecule has 0 unspecified atom stereocenters. The molecule has 1 atom stereocenters. The summed E-state index contributed by atoms with van der Waals surface area (Å²) in [6.45, 7) is 9.13. The Bertz CT molecular complexity index is 934. The van der Waals surface area contributed by atoms with Gasteiger partial charge in [0.05, 0.1) is 19.8 Å². The Kier molecular flexibility index (Phi) is 6.29. The van der Waals surface area contributed by atoms with E-state index in [1.54, 1.807) is 13.0 Å². The number of morpholine rings is 1. The van der Waals surface area contributed by atoms with Crippen molar-refractivity contribution in [3.05, 3.63) is 64.7 Å². The predicted molar refractivity (Wildman–Crippen MR) is 113 cm³/mol. The van der Waals surface area contributed by atoms with E-state index in [0.29, 0.717) is 50.7 Å². The van der Waals surface area contributed by atoms with Crippen LogP contribution in [0.15, 0.2) is 30.9 Å². The van der Waals surface area contributed by atoms with Crippen LogP contribution in [0.5, 0.6) is 0 Å². The number of aryl methyl sites for hydroxylation is 1. The first kappa shape index (κ1) is 20.8. The van der Waals surface area contributed by atoms with Crippen molar-refractivity contribution in [2.45, 2.75) is 45.3 Å². The number of halogens is 1. The molecule has 0 bridgehead atoms. The smallest absolute Gasteiger partial charge is 0.274 e. The van der Waals surface area contributed by atoms with E-state index < -0.39 is 0 Å². The number of fused-ring (bicyclic) bond motifs is 1. The van der Waals surface area contributed by atoms with Gasteiger partial charge in [-0.15, -0.1) is 6.58 Å².